The zero-order chi connectivity index (χ0) is 18.5. The molecule has 0 heterocycles. The lowest BCUT2D eigenvalue weighted by molar-refractivity contribution is 0.309. The molecular weight excluding hydrogens is 320 g/mol. The molecule has 2 aromatic rings. The molecule has 0 atom stereocenters. The predicted octanol–water partition coefficient (Wildman–Crippen LogP) is 5.45. The van der Waals surface area contributed by atoms with Gasteiger partial charge in [-0.25, -0.2) is 0 Å². The highest BCUT2D eigenvalue weighted by Crippen LogP contribution is 2.13. The van der Waals surface area contributed by atoms with Crippen LogP contribution in [-0.4, -0.2) is 13.2 Å². The third-order valence-corrected chi connectivity index (χ3v) is 3.72. The fraction of sp³-hybridized carbons (Fsp3) is 0.333. The summed E-state index contributed by atoms with van der Waals surface area (Å²) in [7, 11) is 0. The monoisotopic (exact) mass is 346 g/mol. The molecule has 0 amide bonds. The highest BCUT2D eigenvalue weighted by Gasteiger charge is 1.94. The second-order valence-electron chi connectivity index (χ2n) is 5.95. The lowest BCUT2D eigenvalue weighted by atomic mass is 10.2. The summed E-state index contributed by atoms with van der Waals surface area (Å²) in [5.74, 6) is 13.7. The molecule has 2 heteroatoms. The average Bonchev–Trinajstić information content (AvgIpc) is 2.68. The fourth-order valence-corrected chi connectivity index (χ4v) is 2.14. The maximum atomic E-state index is 5.64. The van der Waals surface area contributed by atoms with Gasteiger partial charge in [0.25, 0.3) is 0 Å². The number of rotatable bonds is 8. The lowest BCUT2D eigenvalue weighted by Gasteiger charge is -2.04. The Kier molecular flexibility index (Phi) is 8.74. The standard InChI is InChI=1S/C24H26O2/c1-3-5-19-25-23-15-11-21(12-16-23)9-7-8-10-22-13-17-24(18-14-22)26-20-6-4-2/h11-18H,3-6,19-20H2,1-2H3. The van der Waals surface area contributed by atoms with E-state index in [4.69, 9.17) is 9.47 Å². The highest BCUT2D eigenvalue weighted by atomic mass is 16.5. The minimum atomic E-state index is 0.759. The van der Waals surface area contributed by atoms with Gasteiger partial charge >= 0.3 is 0 Å². The molecule has 2 aromatic carbocycles. The van der Waals surface area contributed by atoms with Crippen LogP contribution in [0, 0.1) is 23.7 Å². The van der Waals surface area contributed by atoms with Crippen molar-refractivity contribution in [3.05, 3.63) is 59.7 Å². The van der Waals surface area contributed by atoms with Crippen LogP contribution in [0.25, 0.3) is 0 Å². The Balaban J connectivity index is 1.86. The van der Waals surface area contributed by atoms with Gasteiger partial charge in [0.2, 0.25) is 0 Å². The van der Waals surface area contributed by atoms with E-state index in [-0.39, 0.29) is 0 Å². The van der Waals surface area contributed by atoms with E-state index >= 15 is 0 Å². The number of hydrogen-bond acceptors (Lipinski definition) is 2. The zero-order valence-electron chi connectivity index (χ0n) is 15.7. The zero-order valence-corrected chi connectivity index (χ0v) is 15.7. The van der Waals surface area contributed by atoms with Gasteiger partial charge in [0.1, 0.15) is 11.5 Å². The minimum absolute atomic E-state index is 0.759. The molecule has 0 saturated carbocycles. The van der Waals surface area contributed by atoms with E-state index in [1.54, 1.807) is 0 Å². The van der Waals surface area contributed by atoms with Crippen LogP contribution in [0.1, 0.15) is 50.7 Å². The van der Waals surface area contributed by atoms with Crippen LogP contribution in [0.4, 0.5) is 0 Å². The molecule has 0 fully saturated rings. The van der Waals surface area contributed by atoms with Gasteiger partial charge < -0.3 is 9.47 Å². The minimum Gasteiger partial charge on any atom is -0.494 e. The summed E-state index contributed by atoms with van der Waals surface area (Å²) < 4.78 is 11.3. The Hall–Kier alpha value is -2.84. The molecule has 2 nitrogen and oxygen atoms in total. The Labute approximate surface area is 157 Å². The largest absolute Gasteiger partial charge is 0.494 e. The van der Waals surface area contributed by atoms with Gasteiger partial charge in [-0.15, -0.1) is 0 Å². The Morgan fingerprint density at radius 2 is 1.00 bits per heavy atom. The normalized spacial score (nSPS) is 9.46. The van der Waals surface area contributed by atoms with Crippen LogP contribution in [0.15, 0.2) is 48.5 Å². The van der Waals surface area contributed by atoms with Crippen molar-refractivity contribution in [1.29, 1.82) is 0 Å². The van der Waals surface area contributed by atoms with E-state index in [1.165, 1.54) is 0 Å². The fourth-order valence-electron chi connectivity index (χ4n) is 2.14. The Bertz CT molecular complexity index is 696. The molecule has 0 spiro atoms. The molecule has 0 bridgehead atoms. The molecule has 0 radical (unpaired) electrons. The van der Waals surface area contributed by atoms with Crippen LogP contribution in [0.2, 0.25) is 0 Å². The molecule has 0 N–H and O–H groups in total. The molecule has 26 heavy (non-hydrogen) atoms. The van der Waals surface area contributed by atoms with E-state index in [9.17, 15) is 0 Å². The first-order valence-electron chi connectivity index (χ1n) is 9.29. The van der Waals surface area contributed by atoms with Crippen LogP contribution in [0.5, 0.6) is 11.5 Å². The van der Waals surface area contributed by atoms with Crippen LogP contribution < -0.4 is 9.47 Å². The quantitative estimate of drug-likeness (QED) is 0.467. The van der Waals surface area contributed by atoms with Crippen molar-refractivity contribution in [3.8, 4) is 35.2 Å². The number of ether oxygens (including phenoxy) is 2. The summed E-state index contributed by atoms with van der Waals surface area (Å²) >= 11 is 0. The van der Waals surface area contributed by atoms with E-state index in [0.717, 1.165) is 61.5 Å². The maximum absolute atomic E-state index is 5.64. The number of hydrogen-bond donors (Lipinski definition) is 0. The smallest absolute Gasteiger partial charge is 0.119 e. The summed E-state index contributed by atoms with van der Waals surface area (Å²) in [5.41, 5.74) is 1.86. The summed E-state index contributed by atoms with van der Waals surface area (Å²) in [5, 5.41) is 0. The molecular formula is C24H26O2. The molecule has 0 aliphatic carbocycles. The molecule has 134 valence electrons. The van der Waals surface area contributed by atoms with Gasteiger partial charge in [0.15, 0.2) is 0 Å². The van der Waals surface area contributed by atoms with Crippen molar-refractivity contribution in [3.63, 3.8) is 0 Å². The van der Waals surface area contributed by atoms with E-state index in [2.05, 4.69) is 37.5 Å². The highest BCUT2D eigenvalue weighted by molar-refractivity contribution is 5.46. The second-order valence-corrected chi connectivity index (χ2v) is 5.95. The van der Waals surface area contributed by atoms with Gasteiger partial charge in [-0.2, -0.15) is 0 Å². The molecule has 0 aliphatic rings. The van der Waals surface area contributed by atoms with Gasteiger partial charge in [-0.1, -0.05) is 38.5 Å². The molecule has 2 rings (SSSR count). The second kappa shape index (κ2) is 11.7. The van der Waals surface area contributed by atoms with Gasteiger partial charge in [0, 0.05) is 11.1 Å². The number of unbranched alkanes of at least 4 members (excludes halogenated alkanes) is 2. The van der Waals surface area contributed by atoms with Crippen molar-refractivity contribution < 1.29 is 9.47 Å². The van der Waals surface area contributed by atoms with E-state index in [1.807, 2.05) is 48.5 Å². The first-order chi connectivity index (χ1) is 12.8. The molecule has 0 unspecified atom stereocenters. The SMILES string of the molecule is CCCCOc1ccc(C#CC#Cc2ccc(OCCCC)cc2)cc1. The van der Waals surface area contributed by atoms with Crippen LogP contribution in [0.3, 0.4) is 0 Å². The van der Waals surface area contributed by atoms with Crippen LogP contribution in [-0.2, 0) is 0 Å². The van der Waals surface area contributed by atoms with Crippen molar-refractivity contribution in [2.75, 3.05) is 13.2 Å². The summed E-state index contributed by atoms with van der Waals surface area (Å²) in [6, 6.07) is 15.6. The predicted molar refractivity (Wildman–Crippen MR) is 107 cm³/mol. The average molecular weight is 346 g/mol. The topological polar surface area (TPSA) is 18.5 Å². The van der Waals surface area contributed by atoms with Crippen molar-refractivity contribution in [2.45, 2.75) is 39.5 Å². The van der Waals surface area contributed by atoms with Gasteiger partial charge in [0.05, 0.1) is 13.2 Å². The van der Waals surface area contributed by atoms with Gasteiger partial charge in [-0.3, -0.25) is 0 Å². The third-order valence-electron chi connectivity index (χ3n) is 3.72. The van der Waals surface area contributed by atoms with E-state index in [0.29, 0.717) is 0 Å². The molecule has 0 aromatic heterocycles. The lowest BCUT2D eigenvalue weighted by Crippen LogP contribution is -1.95. The van der Waals surface area contributed by atoms with Crippen molar-refractivity contribution in [2.24, 2.45) is 0 Å². The van der Waals surface area contributed by atoms with Crippen molar-refractivity contribution >= 4 is 0 Å². The number of benzene rings is 2. The maximum Gasteiger partial charge on any atom is 0.119 e. The Morgan fingerprint density at radius 1 is 0.615 bits per heavy atom. The van der Waals surface area contributed by atoms with Crippen LogP contribution >= 0.6 is 0 Å². The van der Waals surface area contributed by atoms with E-state index < -0.39 is 0 Å². The first-order valence-corrected chi connectivity index (χ1v) is 9.29. The Morgan fingerprint density at radius 3 is 1.35 bits per heavy atom. The first kappa shape index (κ1) is 19.5. The molecule has 0 aliphatic heterocycles. The third kappa shape index (κ3) is 7.37. The van der Waals surface area contributed by atoms with Crippen molar-refractivity contribution in [1.82, 2.24) is 0 Å². The molecule has 0 saturated heterocycles. The summed E-state index contributed by atoms with van der Waals surface area (Å²) in [4.78, 5) is 0. The summed E-state index contributed by atoms with van der Waals surface area (Å²) in [6.07, 6.45) is 4.42. The summed E-state index contributed by atoms with van der Waals surface area (Å²) in [6.45, 7) is 5.82. The van der Waals surface area contributed by atoms with Gasteiger partial charge in [-0.05, 0) is 73.2 Å².